The zero-order valence-corrected chi connectivity index (χ0v) is 2.69. The van der Waals surface area contributed by atoms with E-state index in [1.54, 1.807) is 6.54 Å². The molecule has 0 aromatic carbocycles. The molecule has 3 nitrogen and oxygen atoms in total. The Bertz CT molecular complexity index is 19.2. The van der Waals surface area contributed by atoms with Crippen molar-refractivity contribution in [2.75, 3.05) is 6.54 Å². The molecule has 1 rings (SSSR count). The molecule has 0 aliphatic carbocycles. The molecule has 0 saturated carbocycles. The first kappa shape index (κ1) is 3.08. The third kappa shape index (κ3) is 0.576. The molecule has 0 spiro atoms. The van der Waals surface area contributed by atoms with E-state index in [-0.39, 0.29) is 0 Å². The zero-order valence-electron chi connectivity index (χ0n) is 2.69. The zero-order chi connectivity index (χ0) is 3.54. The predicted octanol–water partition coefficient (Wildman–Crippen LogP) is -0.812. The lowest BCUT2D eigenvalue weighted by Crippen LogP contribution is -2.06. The molecule has 1 aliphatic rings. The van der Waals surface area contributed by atoms with Crippen LogP contribution in [0.1, 0.15) is 0 Å². The van der Waals surface area contributed by atoms with E-state index in [1.807, 2.05) is 0 Å². The second-order valence-corrected chi connectivity index (χ2v) is 0.772. The average Bonchev–Trinajstić information content (AvgIpc) is 1.76. The third-order valence-corrected chi connectivity index (χ3v) is 0.400. The number of hydrogen-bond acceptors (Lipinski definition) is 3. The minimum absolute atomic E-state index is 0.792. The van der Waals surface area contributed by atoms with E-state index in [9.17, 15) is 0 Å². The van der Waals surface area contributed by atoms with Crippen molar-refractivity contribution in [1.82, 2.24) is 11.0 Å². The minimum atomic E-state index is 0.792. The minimum Gasteiger partial charge on any atom is -0.214 e. The van der Waals surface area contributed by atoms with Gasteiger partial charge in [-0.25, -0.2) is 4.94 Å². The highest BCUT2D eigenvalue weighted by atomic mass is 16.8. The molecule has 29 valence electrons. The monoisotopic (exact) mass is 73.0 g/mol. The summed E-state index contributed by atoms with van der Waals surface area (Å²) in [7, 11) is 0. The number of hydrogen-bond donors (Lipinski definition) is 2. The van der Waals surface area contributed by atoms with E-state index < -0.39 is 0 Å². The van der Waals surface area contributed by atoms with E-state index in [4.69, 9.17) is 0 Å². The maximum Gasteiger partial charge on any atom is 0.0679 e. The van der Waals surface area contributed by atoms with Gasteiger partial charge in [0.05, 0.1) is 6.54 Å². The van der Waals surface area contributed by atoms with Crippen LogP contribution in [0, 0.1) is 6.54 Å². The molecule has 3 heteroatoms. The molecular formula is C2H5N2O. The van der Waals surface area contributed by atoms with Crippen molar-refractivity contribution in [3.63, 3.8) is 0 Å². The van der Waals surface area contributed by atoms with Crippen LogP contribution in [0.15, 0.2) is 0 Å². The van der Waals surface area contributed by atoms with Gasteiger partial charge in [0, 0.05) is 6.54 Å². The molecule has 1 aliphatic heterocycles. The fourth-order valence-corrected chi connectivity index (χ4v) is 0.208. The largest absolute Gasteiger partial charge is 0.214 e. The van der Waals surface area contributed by atoms with Crippen LogP contribution in [0.4, 0.5) is 0 Å². The van der Waals surface area contributed by atoms with Crippen LogP contribution in [-0.2, 0) is 4.94 Å². The molecule has 5 heavy (non-hydrogen) atoms. The summed E-state index contributed by atoms with van der Waals surface area (Å²) in [5.41, 5.74) is 5.04. The van der Waals surface area contributed by atoms with E-state index in [0.29, 0.717) is 0 Å². The van der Waals surface area contributed by atoms with Gasteiger partial charge < -0.3 is 0 Å². The molecule has 2 N–H and O–H groups in total. The topological polar surface area (TPSA) is 33.3 Å². The fourth-order valence-electron chi connectivity index (χ4n) is 0.208. The van der Waals surface area contributed by atoms with Crippen molar-refractivity contribution in [1.29, 1.82) is 0 Å². The van der Waals surface area contributed by atoms with Crippen molar-refractivity contribution in [3.05, 3.63) is 6.54 Å². The Kier molecular flexibility index (Phi) is 0.834. The average molecular weight is 73.1 g/mol. The first-order valence-corrected chi connectivity index (χ1v) is 1.46. The Labute approximate surface area is 30.2 Å². The highest BCUT2D eigenvalue weighted by Crippen LogP contribution is 1.72. The third-order valence-electron chi connectivity index (χ3n) is 0.400. The van der Waals surface area contributed by atoms with Crippen LogP contribution in [0.25, 0.3) is 0 Å². The second kappa shape index (κ2) is 1.35. The Balaban J connectivity index is 2.08. The number of rotatable bonds is 0. The lowest BCUT2D eigenvalue weighted by atomic mass is 10.7. The van der Waals surface area contributed by atoms with Gasteiger partial charge in [-0.15, -0.1) is 0 Å². The summed E-state index contributed by atoms with van der Waals surface area (Å²) in [5.74, 6) is 0. The van der Waals surface area contributed by atoms with Crippen molar-refractivity contribution in [2.45, 2.75) is 0 Å². The number of nitrogens with one attached hydrogen (secondary N) is 2. The van der Waals surface area contributed by atoms with E-state index in [0.717, 1.165) is 6.54 Å². The summed E-state index contributed by atoms with van der Waals surface area (Å²) in [6.07, 6.45) is 0. The van der Waals surface area contributed by atoms with E-state index >= 15 is 0 Å². The first-order chi connectivity index (χ1) is 2.50. The summed E-state index contributed by atoms with van der Waals surface area (Å²) in [4.78, 5) is 4.39. The molecule has 1 heterocycles. The maximum atomic E-state index is 4.39. The Morgan fingerprint density at radius 2 is 2.80 bits per heavy atom. The predicted molar refractivity (Wildman–Crippen MR) is 16.5 cm³/mol. The molecule has 0 aromatic heterocycles. The van der Waals surface area contributed by atoms with Crippen molar-refractivity contribution in [2.24, 2.45) is 0 Å². The Hall–Kier alpha value is -0.120. The summed E-state index contributed by atoms with van der Waals surface area (Å²) in [6.45, 7) is 2.57. The van der Waals surface area contributed by atoms with Crippen LogP contribution >= 0.6 is 0 Å². The quantitative estimate of drug-likeness (QED) is 0.393. The molecule has 1 fully saturated rings. The molecule has 0 unspecified atom stereocenters. The highest BCUT2D eigenvalue weighted by molar-refractivity contribution is 4.57. The normalized spacial score (nSPS) is 24.0. The van der Waals surface area contributed by atoms with E-state index in [2.05, 4.69) is 15.9 Å². The Morgan fingerprint density at radius 1 is 1.80 bits per heavy atom. The fraction of sp³-hybridized carbons (Fsp3) is 0.500. The molecule has 1 radical (unpaired) electrons. The van der Waals surface area contributed by atoms with Gasteiger partial charge >= 0.3 is 0 Å². The van der Waals surface area contributed by atoms with Gasteiger partial charge in [-0.05, 0) is 0 Å². The molecule has 1 saturated heterocycles. The SMILES string of the molecule is [CH]1CNON1. The van der Waals surface area contributed by atoms with Crippen LogP contribution in [-0.4, -0.2) is 6.54 Å². The molecule has 0 aromatic rings. The van der Waals surface area contributed by atoms with Crippen molar-refractivity contribution < 1.29 is 4.94 Å². The van der Waals surface area contributed by atoms with Gasteiger partial charge in [0.25, 0.3) is 0 Å². The van der Waals surface area contributed by atoms with Gasteiger partial charge in [0.15, 0.2) is 0 Å². The molecular weight excluding hydrogens is 68.0 g/mol. The molecule has 0 amide bonds. The van der Waals surface area contributed by atoms with Crippen LogP contribution in [0.3, 0.4) is 0 Å². The van der Waals surface area contributed by atoms with Gasteiger partial charge in [-0.1, -0.05) is 0 Å². The molecule has 0 atom stereocenters. The van der Waals surface area contributed by atoms with Gasteiger partial charge in [0.1, 0.15) is 0 Å². The van der Waals surface area contributed by atoms with Crippen molar-refractivity contribution >= 4 is 0 Å². The van der Waals surface area contributed by atoms with E-state index in [1.165, 1.54) is 0 Å². The summed E-state index contributed by atoms with van der Waals surface area (Å²) in [6, 6.07) is 0. The Morgan fingerprint density at radius 3 is 3.00 bits per heavy atom. The van der Waals surface area contributed by atoms with Crippen LogP contribution in [0.5, 0.6) is 0 Å². The van der Waals surface area contributed by atoms with Crippen LogP contribution < -0.4 is 11.0 Å². The van der Waals surface area contributed by atoms with Crippen molar-refractivity contribution in [3.8, 4) is 0 Å². The summed E-state index contributed by atoms with van der Waals surface area (Å²) >= 11 is 0. The van der Waals surface area contributed by atoms with Gasteiger partial charge in [-0.3, -0.25) is 0 Å². The molecule has 0 bridgehead atoms. The maximum absolute atomic E-state index is 4.39. The smallest absolute Gasteiger partial charge is 0.0679 e. The summed E-state index contributed by atoms with van der Waals surface area (Å²) in [5, 5.41) is 0. The lowest BCUT2D eigenvalue weighted by molar-refractivity contribution is 0.0280. The lowest BCUT2D eigenvalue weighted by Gasteiger charge is -1.79. The van der Waals surface area contributed by atoms with Crippen LogP contribution in [0.2, 0.25) is 0 Å². The van der Waals surface area contributed by atoms with Gasteiger partial charge in [0.2, 0.25) is 0 Å². The summed E-state index contributed by atoms with van der Waals surface area (Å²) < 4.78 is 0. The number of hydroxylamine groups is 2. The first-order valence-electron chi connectivity index (χ1n) is 1.46. The highest BCUT2D eigenvalue weighted by Gasteiger charge is 1.92. The standard InChI is InChI=1S/C2H5N2O/c1-2-4-5-3-1/h1,3-4H,2H2. The second-order valence-electron chi connectivity index (χ2n) is 0.772. The van der Waals surface area contributed by atoms with Gasteiger partial charge in [-0.2, -0.15) is 11.0 Å².